The van der Waals surface area contributed by atoms with E-state index in [4.69, 9.17) is 9.97 Å². The smallest absolute Gasteiger partial charge is 0.0728 e. The Morgan fingerprint density at radius 2 is 0.581 bits per heavy atom. The fraction of sp³-hybridized carbons (Fsp3) is 0. The predicted octanol–water partition coefficient (Wildman–Crippen LogP) is 16.1. The highest BCUT2D eigenvalue weighted by atomic mass is 14.7. The largest absolute Gasteiger partial charge is 0.248 e. The fourth-order valence-corrected chi connectivity index (χ4v) is 8.76. The molecule has 2 heteroatoms. The second kappa shape index (κ2) is 16.1. The highest BCUT2D eigenvalue weighted by Crippen LogP contribution is 2.42. The maximum atomic E-state index is 5.35. The molecule has 2 heterocycles. The molecule has 0 atom stereocenters. The lowest BCUT2D eigenvalue weighted by Crippen LogP contribution is -1.94. The van der Waals surface area contributed by atoms with Crippen LogP contribution >= 0.6 is 0 Å². The first kappa shape index (κ1) is 36.8. The van der Waals surface area contributed by atoms with E-state index in [9.17, 15) is 0 Å². The van der Waals surface area contributed by atoms with Crippen LogP contribution in [-0.2, 0) is 0 Å². The van der Waals surface area contributed by atoms with Gasteiger partial charge in [-0.3, -0.25) is 0 Å². The second-order valence-corrected chi connectivity index (χ2v) is 15.8. The molecule has 0 amide bonds. The van der Waals surface area contributed by atoms with Crippen LogP contribution in [0.15, 0.2) is 243 Å². The number of fused-ring (bicyclic) bond motifs is 3. The molecule has 2 aromatic heterocycles. The average molecular weight is 789 g/mol. The number of benzene rings is 9. The van der Waals surface area contributed by atoms with Crippen LogP contribution in [0.2, 0.25) is 0 Å². The van der Waals surface area contributed by atoms with Gasteiger partial charge in [-0.25, -0.2) is 9.97 Å². The molecular weight excluding hydrogens is 749 g/mol. The molecule has 62 heavy (non-hydrogen) atoms. The number of pyridine rings is 2. The minimum Gasteiger partial charge on any atom is -0.248 e. The van der Waals surface area contributed by atoms with E-state index in [0.717, 1.165) is 78.1 Å². The van der Waals surface area contributed by atoms with Gasteiger partial charge in [-0.1, -0.05) is 200 Å². The zero-order chi connectivity index (χ0) is 41.2. The van der Waals surface area contributed by atoms with Gasteiger partial charge in [0.15, 0.2) is 0 Å². The maximum absolute atomic E-state index is 5.35. The lowest BCUT2D eigenvalue weighted by molar-refractivity contribution is 1.32. The van der Waals surface area contributed by atoms with Crippen molar-refractivity contribution >= 4 is 21.7 Å². The summed E-state index contributed by atoms with van der Waals surface area (Å²) in [6.07, 6.45) is 0. The van der Waals surface area contributed by atoms with Gasteiger partial charge < -0.3 is 0 Å². The van der Waals surface area contributed by atoms with Crippen molar-refractivity contribution in [3.8, 4) is 89.4 Å². The number of hydrogen-bond donors (Lipinski definition) is 0. The number of nitrogens with zero attached hydrogens (tertiary/aromatic N) is 2. The van der Waals surface area contributed by atoms with E-state index in [1.54, 1.807) is 0 Å². The van der Waals surface area contributed by atoms with E-state index >= 15 is 0 Å². The molecule has 0 saturated carbocycles. The van der Waals surface area contributed by atoms with E-state index in [2.05, 4.69) is 243 Å². The first-order valence-corrected chi connectivity index (χ1v) is 21.1. The van der Waals surface area contributed by atoms with Gasteiger partial charge in [-0.15, -0.1) is 0 Å². The number of hydrogen-bond acceptors (Lipinski definition) is 2. The predicted molar refractivity (Wildman–Crippen MR) is 261 cm³/mol. The highest BCUT2D eigenvalue weighted by molar-refractivity contribution is 6.18. The summed E-state index contributed by atoms with van der Waals surface area (Å²) in [6, 6.07) is 86.5. The summed E-state index contributed by atoms with van der Waals surface area (Å²) < 4.78 is 0. The third kappa shape index (κ3) is 7.14. The number of aromatic nitrogens is 2. The zero-order valence-corrected chi connectivity index (χ0v) is 34.0. The van der Waals surface area contributed by atoms with Crippen molar-refractivity contribution in [1.82, 2.24) is 9.97 Å². The normalized spacial score (nSPS) is 11.2. The van der Waals surface area contributed by atoms with Crippen LogP contribution in [0.5, 0.6) is 0 Å². The van der Waals surface area contributed by atoms with Crippen LogP contribution in [0, 0.1) is 0 Å². The first-order valence-electron chi connectivity index (χ1n) is 21.1. The lowest BCUT2D eigenvalue weighted by Gasteiger charge is -2.16. The third-order valence-electron chi connectivity index (χ3n) is 11.8. The quantitative estimate of drug-likeness (QED) is 0.143. The molecule has 11 rings (SSSR count). The third-order valence-corrected chi connectivity index (χ3v) is 11.8. The topological polar surface area (TPSA) is 25.8 Å². The highest BCUT2D eigenvalue weighted by Gasteiger charge is 2.17. The molecule has 0 unspecified atom stereocenters. The van der Waals surface area contributed by atoms with Crippen LogP contribution in [0.1, 0.15) is 0 Å². The summed E-state index contributed by atoms with van der Waals surface area (Å²) in [5, 5.41) is 3.55. The van der Waals surface area contributed by atoms with E-state index in [1.165, 1.54) is 33.0 Å². The SMILES string of the molecule is c1ccc(-c2cc(-c3ccccc3)cc(-c3cc(-c4ccc(-c5cc6nc(-c7ccccc7)cc(-c7ccccc7)c6c6ccccc56)cc4)cc(-c4ccccc4)n3)c2)cc1. The Labute approximate surface area is 362 Å². The Morgan fingerprint density at radius 1 is 0.210 bits per heavy atom. The molecule has 2 nitrogen and oxygen atoms in total. The summed E-state index contributed by atoms with van der Waals surface area (Å²) in [5.74, 6) is 0. The van der Waals surface area contributed by atoms with Crippen LogP contribution in [0.4, 0.5) is 0 Å². The average Bonchev–Trinajstić information content (AvgIpc) is 3.37. The summed E-state index contributed by atoms with van der Waals surface area (Å²) in [4.78, 5) is 10.7. The van der Waals surface area contributed by atoms with Gasteiger partial charge in [0, 0.05) is 22.1 Å². The fourth-order valence-electron chi connectivity index (χ4n) is 8.76. The van der Waals surface area contributed by atoms with Gasteiger partial charge in [0.2, 0.25) is 0 Å². The maximum Gasteiger partial charge on any atom is 0.0728 e. The molecule has 9 aromatic carbocycles. The van der Waals surface area contributed by atoms with E-state index in [0.29, 0.717) is 0 Å². The van der Waals surface area contributed by atoms with Gasteiger partial charge in [-0.05, 0) is 109 Å². The molecular formula is C60H40N2. The van der Waals surface area contributed by atoms with Crippen LogP contribution < -0.4 is 0 Å². The van der Waals surface area contributed by atoms with Crippen molar-refractivity contribution in [3.63, 3.8) is 0 Å². The molecule has 0 saturated heterocycles. The van der Waals surface area contributed by atoms with Crippen LogP contribution in [0.3, 0.4) is 0 Å². The first-order chi connectivity index (χ1) is 30.7. The summed E-state index contributed by atoms with van der Waals surface area (Å²) >= 11 is 0. The molecule has 290 valence electrons. The van der Waals surface area contributed by atoms with Gasteiger partial charge in [0.25, 0.3) is 0 Å². The Morgan fingerprint density at radius 3 is 1.13 bits per heavy atom. The molecule has 0 aliphatic rings. The number of rotatable bonds is 8. The minimum atomic E-state index is 0.926. The second-order valence-electron chi connectivity index (χ2n) is 15.8. The van der Waals surface area contributed by atoms with E-state index < -0.39 is 0 Å². The van der Waals surface area contributed by atoms with Gasteiger partial charge in [0.05, 0.1) is 22.6 Å². The molecule has 0 aliphatic carbocycles. The molecule has 11 aromatic rings. The van der Waals surface area contributed by atoms with Crippen molar-refractivity contribution in [2.75, 3.05) is 0 Å². The van der Waals surface area contributed by atoms with E-state index in [1.807, 2.05) is 0 Å². The van der Waals surface area contributed by atoms with Crippen LogP contribution in [0.25, 0.3) is 111 Å². The van der Waals surface area contributed by atoms with Crippen molar-refractivity contribution < 1.29 is 0 Å². The summed E-state index contributed by atoms with van der Waals surface area (Å²) in [7, 11) is 0. The standard InChI is InChI=1S/C60H40N2/c1-6-18-41(19-7-1)48-34-49(42-20-8-2-9-21-42)36-51(35-48)57-38-50(37-56(61-57)46-24-12-4-13-25-46)43-30-32-45(33-31-43)54-39-59-60(53-29-17-16-28-52(53)54)55(44-22-10-3-11-23-44)40-58(62-59)47-26-14-5-15-27-47/h1-40H. The molecule has 0 bridgehead atoms. The summed E-state index contributed by atoms with van der Waals surface area (Å²) in [5.41, 5.74) is 18.6. The Bertz CT molecular complexity index is 3290. The Hall–Kier alpha value is -8.20. The van der Waals surface area contributed by atoms with Gasteiger partial charge >= 0.3 is 0 Å². The van der Waals surface area contributed by atoms with Crippen molar-refractivity contribution in [1.29, 1.82) is 0 Å². The molecule has 0 spiro atoms. The van der Waals surface area contributed by atoms with Gasteiger partial charge in [0.1, 0.15) is 0 Å². The Balaban J connectivity index is 1.06. The lowest BCUT2D eigenvalue weighted by atomic mass is 9.90. The Kier molecular flexibility index (Phi) is 9.57. The van der Waals surface area contributed by atoms with Gasteiger partial charge in [-0.2, -0.15) is 0 Å². The molecule has 0 aliphatic heterocycles. The van der Waals surface area contributed by atoms with Crippen molar-refractivity contribution in [3.05, 3.63) is 243 Å². The monoisotopic (exact) mass is 788 g/mol. The van der Waals surface area contributed by atoms with Crippen molar-refractivity contribution in [2.24, 2.45) is 0 Å². The zero-order valence-electron chi connectivity index (χ0n) is 34.0. The van der Waals surface area contributed by atoms with Crippen LogP contribution in [-0.4, -0.2) is 9.97 Å². The van der Waals surface area contributed by atoms with Crippen molar-refractivity contribution in [2.45, 2.75) is 0 Å². The minimum absolute atomic E-state index is 0.926. The molecule has 0 fully saturated rings. The molecule has 0 radical (unpaired) electrons. The van der Waals surface area contributed by atoms with E-state index in [-0.39, 0.29) is 0 Å². The summed E-state index contributed by atoms with van der Waals surface area (Å²) in [6.45, 7) is 0. The molecule has 0 N–H and O–H groups in total.